The molecule has 3 rings (SSSR count). The number of hydrogen-bond acceptors (Lipinski definition) is 4. The lowest BCUT2D eigenvalue weighted by Gasteiger charge is -2.24. The van der Waals surface area contributed by atoms with Gasteiger partial charge in [0.05, 0.1) is 5.75 Å². The van der Waals surface area contributed by atoms with E-state index in [1.807, 2.05) is 0 Å². The minimum absolute atomic E-state index is 0.0382. The second-order valence-electron chi connectivity index (χ2n) is 7.11. The molecule has 0 saturated carbocycles. The monoisotopic (exact) mass is 419 g/mol. The summed E-state index contributed by atoms with van der Waals surface area (Å²) in [7, 11) is -3.41. The third kappa shape index (κ3) is 5.69. The van der Waals surface area contributed by atoms with Gasteiger partial charge in [-0.25, -0.2) is 12.8 Å². The molecule has 0 unspecified atom stereocenters. The molecule has 29 heavy (non-hydrogen) atoms. The molecule has 1 amide bonds. The van der Waals surface area contributed by atoms with Gasteiger partial charge in [0.2, 0.25) is 10.0 Å². The molecule has 156 valence electrons. The van der Waals surface area contributed by atoms with Crippen molar-refractivity contribution in [3.63, 3.8) is 0 Å². The highest BCUT2D eigenvalue weighted by Crippen LogP contribution is 2.19. The van der Waals surface area contributed by atoms with Crippen molar-refractivity contribution in [3.05, 3.63) is 59.9 Å². The van der Waals surface area contributed by atoms with E-state index in [1.165, 1.54) is 12.1 Å². The fraction of sp³-hybridized carbons (Fsp3) is 0.381. The molecule has 0 radical (unpaired) electrons. The Kier molecular flexibility index (Phi) is 6.74. The van der Waals surface area contributed by atoms with Gasteiger partial charge in [0.25, 0.3) is 5.91 Å². The van der Waals surface area contributed by atoms with E-state index >= 15 is 0 Å². The number of hydrogen-bond donors (Lipinski definition) is 1. The first-order chi connectivity index (χ1) is 13.9. The van der Waals surface area contributed by atoms with Crippen molar-refractivity contribution < 1.29 is 17.6 Å². The Morgan fingerprint density at radius 3 is 2.55 bits per heavy atom. The Balaban J connectivity index is 1.67. The summed E-state index contributed by atoms with van der Waals surface area (Å²) in [6.07, 6.45) is 1.32. The molecule has 0 atom stereocenters. The molecule has 1 fully saturated rings. The maximum absolute atomic E-state index is 13.2. The van der Waals surface area contributed by atoms with Crippen molar-refractivity contribution in [2.24, 2.45) is 0 Å². The summed E-state index contributed by atoms with van der Waals surface area (Å²) in [5.41, 5.74) is 1.79. The summed E-state index contributed by atoms with van der Waals surface area (Å²) in [6, 6.07) is 13.0. The van der Waals surface area contributed by atoms with Gasteiger partial charge in [-0.1, -0.05) is 13.0 Å². The highest BCUT2D eigenvalue weighted by molar-refractivity contribution is 7.92. The lowest BCUT2D eigenvalue weighted by molar-refractivity contribution is 0.0767. The molecule has 2 aromatic rings. The second-order valence-corrected chi connectivity index (χ2v) is 8.95. The SMILES string of the molecule is CCCS(=O)(=O)Nc1cccc(C(=O)N2CCCN(c3ccc(F)cc3)CC2)c1. The van der Waals surface area contributed by atoms with E-state index in [2.05, 4.69) is 9.62 Å². The van der Waals surface area contributed by atoms with Crippen LogP contribution in [0.15, 0.2) is 48.5 Å². The van der Waals surface area contributed by atoms with E-state index in [0.29, 0.717) is 37.3 Å². The summed E-state index contributed by atoms with van der Waals surface area (Å²) < 4.78 is 39.6. The molecule has 1 aliphatic heterocycles. The van der Waals surface area contributed by atoms with Crippen LogP contribution in [0.2, 0.25) is 0 Å². The summed E-state index contributed by atoms with van der Waals surface area (Å²) in [5, 5.41) is 0. The van der Waals surface area contributed by atoms with Crippen LogP contribution in [-0.4, -0.2) is 51.2 Å². The minimum atomic E-state index is -3.41. The standard InChI is InChI=1S/C21H26FN3O3S/c1-2-15-29(27,28)23-19-6-3-5-17(16-19)21(26)25-12-4-11-24(13-14-25)20-9-7-18(22)8-10-20/h3,5-10,16,23H,2,4,11-15H2,1H3. The molecule has 1 heterocycles. The average molecular weight is 420 g/mol. The number of nitrogens with zero attached hydrogens (tertiary/aromatic N) is 2. The molecule has 6 nitrogen and oxygen atoms in total. The third-order valence-corrected chi connectivity index (χ3v) is 6.32. The molecular formula is C21H26FN3O3S. The minimum Gasteiger partial charge on any atom is -0.370 e. The van der Waals surface area contributed by atoms with Gasteiger partial charge in [0.15, 0.2) is 0 Å². The Morgan fingerprint density at radius 2 is 1.83 bits per heavy atom. The second kappa shape index (κ2) is 9.26. The zero-order chi connectivity index (χ0) is 20.9. The molecular weight excluding hydrogens is 393 g/mol. The molecule has 8 heteroatoms. The van der Waals surface area contributed by atoms with Gasteiger partial charge >= 0.3 is 0 Å². The Labute approximate surface area is 171 Å². The smallest absolute Gasteiger partial charge is 0.253 e. The maximum atomic E-state index is 13.2. The molecule has 1 aliphatic rings. The van der Waals surface area contributed by atoms with E-state index < -0.39 is 10.0 Å². The normalized spacial score (nSPS) is 15.1. The van der Waals surface area contributed by atoms with Crippen molar-refractivity contribution in [2.45, 2.75) is 19.8 Å². The molecule has 1 saturated heterocycles. The number of sulfonamides is 1. The zero-order valence-electron chi connectivity index (χ0n) is 16.5. The Hall–Kier alpha value is -2.61. The van der Waals surface area contributed by atoms with Gasteiger partial charge in [-0.05, 0) is 55.3 Å². The average Bonchev–Trinajstić information content (AvgIpc) is 2.94. The predicted molar refractivity (Wildman–Crippen MR) is 113 cm³/mol. The van der Waals surface area contributed by atoms with Crippen molar-refractivity contribution in [1.29, 1.82) is 0 Å². The van der Waals surface area contributed by atoms with Crippen LogP contribution in [0.3, 0.4) is 0 Å². The third-order valence-electron chi connectivity index (χ3n) is 4.83. The zero-order valence-corrected chi connectivity index (χ0v) is 17.3. The van der Waals surface area contributed by atoms with Crippen LogP contribution in [0, 0.1) is 5.82 Å². The van der Waals surface area contributed by atoms with Crippen molar-refractivity contribution in [1.82, 2.24) is 4.90 Å². The number of amides is 1. The summed E-state index contributed by atoms with van der Waals surface area (Å²) >= 11 is 0. The first-order valence-electron chi connectivity index (χ1n) is 9.78. The largest absolute Gasteiger partial charge is 0.370 e. The highest BCUT2D eigenvalue weighted by Gasteiger charge is 2.21. The number of carbonyl (C=O) groups excluding carboxylic acids is 1. The fourth-order valence-electron chi connectivity index (χ4n) is 3.43. The van der Waals surface area contributed by atoms with Crippen molar-refractivity contribution in [3.8, 4) is 0 Å². The summed E-state index contributed by atoms with van der Waals surface area (Å²) in [4.78, 5) is 16.9. The number of halogens is 1. The highest BCUT2D eigenvalue weighted by atomic mass is 32.2. The number of nitrogens with one attached hydrogen (secondary N) is 1. The maximum Gasteiger partial charge on any atom is 0.253 e. The first kappa shape index (κ1) is 21.1. The van der Waals surface area contributed by atoms with Crippen LogP contribution in [0.4, 0.5) is 15.8 Å². The van der Waals surface area contributed by atoms with Gasteiger partial charge < -0.3 is 9.80 Å². The number of rotatable bonds is 6. The van der Waals surface area contributed by atoms with Gasteiger partial charge in [-0.2, -0.15) is 0 Å². The van der Waals surface area contributed by atoms with Crippen LogP contribution in [0.25, 0.3) is 0 Å². The van der Waals surface area contributed by atoms with Gasteiger partial charge in [-0.15, -0.1) is 0 Å². The van der Waals surface area contributed by atoms with Crippen molar-refractivity contribution >= 4 is 27.3 Å². The van der Waals surface area contributed by atoms with E-state index in [4.69, 9.17) is 0 Å². The van der Waals surface area contributed by atoms with E-state index in [0.717, 1.165) is 18.7 Å². The Morgan fingerprint density at radius 1 is 1.07 bits per heavy atom. The van der Waals surface area contributed by atoms with Crippen LogP contribution in [-0.2, 0) is 10.0 Å². The first-order valence-corrected chi connectivity index (χ1v) is 11.4. The molecule has 1 N–H and O–H groups in total. The van der Waals surface area contributed by atoms with Crippen LogP contribution in [0.5, 0.6) is 0 Å². The fourth-order valence-corrected chi connectivity index (χ4v) is 4.55. The van der Waals surface area contributed by atoms with Gasteiger partial charge in [0.1, 0.15) is 5.82 Å². The van der Waals surface area contributed by atoms with Crippen LogP contribution in [0.1, 0.15) is 30.1 Å². The molecule has 0 bridgehead atoms. The number of carbonyl (C=O) groups is 1. The van der Waals surface area contributed by atoms with Gasteiger partial charge in [-0.3, -0.25) is 9.52 Å². The van der Waals surface area contributed by atoms with E-state index in [-0.39, 0.29) is 17.5 Å². The number of anilines is 2. The molecule has 0 aromatic heterocycles. The van der Waals surface area contributed by atoms with E-state index in [1.54, 1.807) is 48.2 Å². The summed E-state index contributed by atoms with van der Waals surface area (Å²) in [5.74, 6) is -0.353. The van der Waals surface area contributed by atoms with Gasteiger partial charge in [0, 0.05) is 43.1 Å². The molecule has 0 aliphatic carbocycles. The predicted octanol–water partition coefficient (Wildman–Crippen LogP) is 3.33. The number of benzene rings is 2. The topological polar surface area (TPSA) is 69.7 Å². The quantitative estimate of drug-likeness (QED) is 0.780. The van der Waals surface area contributed by atoms with Crippen LogP contribution < -0.4 is 9.62 Å². The van der Waals surface area contributed by atoms with Crippen molar-refractivity contribution in [2.75, 3.05) is 41.6 Å². The lowest BCUT2D eigenvalue weighted by Crippen LogP contribution is -2.35. The summed E-state index contributed by atoms with van der Waals surface area (Å²) in [6.45, 7) is 4.39. The molecule has 2 aromatic carbocycles. The van der Waals surface area contributed by atoms with E-state index in [9.17, 15) is 17.6 Å². The lowest BCUT2D eigenvalue weighted by atomic mass is 10.1. The molecule has 0 spiro atoms. The van der Waals surface area contributed by atoms with Crippen LogP contribution >= 0.6 is 0 Å². The Bertz CT molecular complexity index is 948.